The van der Waals surface area contributed by atoms with E-state index in [0.717, 1.165) is 21.6 Å². The van der Waals surface area contributed by atoms with Gasteiger partial charge in [0.1, 0.15) is 30.2 Å². The number of rotatable bonds is 13. The number of nitrogens with one attached hydrogen (secondary N) is 6. The lowest BCUT2D eigenvalue weighted by Gasteiger charge is -2.27. The zero-order valence-electron chi connectivity index (χ0n) is 37.8. The molecule has 354 valence electrons. The van der Waals surface area contributed by atoms with E-state index in [1.54, 1.807) is 54.6 Å². The van der Waals surface area contributed by atoms with Crippen molar-refractivity contribution in [3.63, 3.8) is 0 Å². The predicted molar refractivity (Wildman–Crippen MR) is 264 cm³/mol. The highest BCUT2D eigenvalue weighted by Gasteiger charge is 2.33. The minimum Gasteiger partial charge on any atom is -0.480 e. The molecule has 8 rings (SSSR count). The van der Waals surface area contributed by atoms with Crippen LogP contribution in [0.25, 0.3) is 11.1 Å². The molecule has 5 atom stereocenters. The summed E-state index contributed by atoms with van der Waals surface area (Å²) in [6.07, 6.45) is -0.0153. The summed E-state index contributed by atoms with van der Waals surface area (Å²) < 4.78 is 0. The molecule has 0 fully saturated rings. The van der Waals surface area contributed by atoms with Crippen LogP contribution < -0.4 is 31.9 Å². The number of carboxylic acids is 1. The second-order valence-electron chi connectivity index (χ2n) is 16.9. The monoisotopic (exact) mass is 946 g/mol. The summed E-state index contributed by atoms with van der Waals surface area (Å²) in [6.45, 7) is 0. The van der Waals surface area contributed by atoms with E-state index < -0.39 is 71.6 Å². The fourth-order valence-corrected chi connectivity index (χ4v) is 8.75. The quantitative estimate of drug-likeness (QED) is 0.0728. The Hall–Kier alpha value is -7.91. The molecule has 0 saturated heterocycles. The zero-order valence-corrected chi connectivity index (χ0v) is 38.6. The van der Waals surface area contributed by atoms with Gasteiger partial charge in [-0.15, -0.1) is 11.3 Å². The van der Waals surface area contributed by atoms with Crippen LogP contribution >= 0.6 is 11.3 Å². The Labute approximate surface area is 404 Å². The highest BCUT2D eigenvalue weighted by molar-refractivity contribution is 7.09. The number of thiophene rings is 1. The second-order valence-corrected chi connectivity index (χ2v) is 17.9. The SMILES string of the molecule is O=C1CCC(=O)N[C@H](Cc2cccs2)C(=O)N[C@@H](Cc2ccc(-c3ccccc3)cc2)C(=O)N[C@H](CCc2ccccc2)C(=O)N[C@H](C(=O)N[C@@H](Cc2ccccc2)C(=O)O)Cc2ccc(cc2)N1. The van der Waals surface area contributed by atoms with Gasteiger partial charge in [0.25, 0.3) is 0 Å². The molecule has 0 radical (unpaired) electrons. The standard InChI is InChI=1S/C54H54N6O8S/c61-48-28-29-49(62)56-46(34-42-17-10-30-69-42)53(66)59-44(31-37-18-23-40(24-19-37)39-15-8-3-9-16-39)51(64)57-43(27-22-35-11-4-1-5-12-35)50(63)58-45(32-38-20-25-41(55-48)26-21-38)52(65)60-47(54(67)68)33-36-13-6-2-7-14-36/h1-21,23-26,30,43-47H,22,27-29,31-34H2,(H,55,61)(H,56,62)(H,57,64)(H,58,63)(H,59,66)(H,60,65)(H,67,68)/t43-,44+,45+,46-,47+/m1/s1. The number of carboxylic acid groups (broad SMARTS) is 1. The van der Waals surface area contributed by atoms with Gasteiger partial charge in [0.2, 0.25) is 35.4 Å². The molecule has 6 amide bonds. The molecular weight excluding hydrogens is 893 g/mol. The normalized spacial score (nSPS) is 18.8. The first kappa shape index (κ1) is 49.0. The predicted octanol–water partition coefficient (Wildman–Crippen LogP) is 5.56. The minimum atomic E-state index is -1.34. The van der Waals surface area contributed by atoms with Gasteiger partial charge in [-0.3, -0.25) is 28.8 Å². The van der Waals surface area contributed by atoms with E-state index in [9.17, 15) is 38.7 Å². The van der Waals surface area contributed by atoms with Crippen molar-refractivity contribution in [2.75, 3.05) is 5.32 Å². The third-order valence-electron chi connectivity index (χ3n) is 11.8. The Morgan fingerprint density at radius 3 is 1.80 bits per heavy atom. The number of fused-ring (bicyclic) bond motifs is 18. The molecule has 2 aliphatic heterocycles. The lowest BCUT2D eigenvalue weighted by atomic mass is 9.98. The maximum Gasteiger partial charge on any atom is 0.326 e. The maximum absolute atomic E-state index is 14.8. The fraction of sp³-hybridized carbons (Fsp3) is 0.241. The average molecular weight is 947 g/mol. The Bertz CT molecular complexity index is 2690. The van der Waals surface area contributed by atoms with E-state index in [1.807, 2.05) is 102 Å². The van der Waals surface area contributed by atoms with Crippen LogP contribution in [0.3, 0.4) is 0 Å². The van der Waals surface area contributed by atoms with Crippen LogP contribution in [0.5, 0.6) is 0 Å². The van der Waals surface area contributed by atoms with Crippen LogP contribution in [0.1, 0.15) is 46.4 Å². The number of aryl methyl sites for hydroxylation is 1. The van der Waals surface area contributed by atoms with Gasteiger partial charge in [-0.1, -0.05) is 133 Å². The van der Waals surface area contributed by atoms with Crippen LogP contribution in [0.15, 0.2) is 157 Å². The maximum atomic E-state index is 14.8. The van der Waals surface area contributed by atoms with Crippen molar-refractivity contribution in [3.05, 3.63) is 184 Å². The third-order valence-corrected chi connectivity index (χ3v) is 12.7. The van der Waals surface area contributed by atoms with Crippen molar-refractivity contribution in [2.24, 2.45) is 0 Å². The number of hydrogen-bond donors (Lipinski definition) is 7. The zero-order chi connectivity index (χ0) is 48.5. The van der Waals surface area contributed by atoms with Crippen molar-refractivity contribution < 1.29 is 38.7 Å². The molecule has 5 aromatic carbocycles. The van der Waals surface area contributed by atoms with Gasteiger partial charge in [-0.25, -0.2) is 4.79 Å². The molecule has 3 heterocycles. The molecule has 2 bridgehead atoms. The number of anilines is 1. The number of carbonyl (C=O) groups excluding carboxylic acids is 6. The molecule has 15 heteroatoms. The van der Waals surface area contributed by atoms with Gasteiger partial charge < -0.3 is 37.0 Å². The van der Waals surface area contributed by atoms with Gasteiger partial charge >= 0.3 is 5.97 Å². The molecule has 0 aliphatic carbocycles. The number of amides is 6. The van der Waals surface area contributed by atoms with Gasteiger partial charge in [-0.2, -0.15) is 0 Å². The number of aliphatic carboxylic acids is 1. The highest BCUT2D eigenvalue weighted by atomic mass is 32.1. The number of benzene rings is 5. The average Bonchev–Trinajstić information content (AvgIpc) is 3.88. The third kappa shape index (κ3) is 14.8. The molecule has 14 nitrogen and oxygen atoms in total. The smallest absolute Gasteiger partial charge is 0.326 e. The Balaban J connectivity index is 1.23. The largest absolute Gasteiger partial charge is 0.480 e. The molecule has 1 aromatic heterocycles. The van der Waals surface area contributed by atoms with E-state index in [1.165, 1.54) is 11.3 Å². The van der Waals surface area contributed by atoms with E-state index in [2.05, 4.69) is 31.9 Å². The Morgan fingerprint density at radius 2 is 1.16 bits per heavy atom. The molecule has 7 N–H and O–H groups in total. The second kappa shape index (κ2) is 24.2. The van der Waals surface area contributed by atoms with E-state index in [-0.39, 0.29) is 44.9 Å². The van der Waals surface area contributed by atoms with Crippen molar-refractivity contribution in [3.8, 4) is 11.1 Å². The first-order valence-corrected chi connectivity index (χ1v) is 23.7. The topological polar surface area (TPSA) is 212 Å². The molecule has 0 spiro atoms. The van der Waals surface area contributed by atoms with Crippen LogP contribution in [-0.2, 0) is 65.7 Å². The number of carbonyl (C=O) groups is 7. The molecule has 0 saturated carbocycles. The molecule has 69 heavy (non-hydrogen) atoms. The summed E-state index contributed by atoms with van der Waals surface area (Å²) in [5.41, 5.74) is 5.16. The first-order valence-electron chi connectivity index (χ1n) is 22.8. The molecular formula is C54H54N6O8S. The first-order chi connectivity index (χ1) is 33.4. The lowest BCUT2D eigenvalue weighted by molar-refractivity contribution is -0.142. The summed E-state index contributed by atoms with van der Waals surface area (Å²) >= 11 is 1.40. The van der Waals surface area contributed by atoms with Gasteiger partial charge in [-0.05, 0) is 69.8 Å². The van der Waals surface area contributed by atoms with Gasteiger partial charge in [0, 0.05) is 49.1 Å². The van der Waals surface area contributed by atoms with Gasteiger partial charge in [0.05, 0.1) is 0 Å². The fourth-order valence-electron chi connectivity index (χ4n) is 8.00. The molecule has 6 aromatic rings. The van der Waals surface area contributed by atoms with E-state index >= 15 is 0 Å². The molecule has 2 aliphatic rings. The molecule has 0 unspecified atom stereocenters. The van der Waals surface area contributed by atoms with Crippen molar-refractivity contribution >= 4 is 58.4 Å². The van der Waals surface area contributed by atoms with Crippen LogP contribution in [0, 0.1) is 0 Å². The Morgan fingerprint density at radius 1 is 0.580 bits per heavy atom. The summed E-state index contributed by atoms with van der Waals surface area (Å²) in [5.74, 6) is -5.11. The summed E-state index contributed by atoms with van der Waals surface area (Å²) in [7, 11) is 0. The van der Waals surface area contributed by atoms with Crippen molar-refractivity contribution in [1.82, 2.24) is 26.6 Å². The minimum absolute atomic E-state index is 0.00164. The lowest BCUT2D eigenvalue weighted by Crippen LogP contribution is -2.59. The van der Waals surface area contributed by atoms with Crippen molar-refractivity contribution in [1.29, 1.82) is 0 Å². The van der Waals surface area contributed by atoms with E-state index in [0.29, 0.717) is 28.8 Å². The van der Waals surface area contributed by atoms with Crippen LogP contribution in [-0.4, -0.2) is 76.7 Å². The van der Waals surface area contributed by atoms with Gasteiger partial charge in [0.15, 0.2) is 0 Å². The summed E-state index contributed by atoms with van der Waals surface area (Å²) in [4.78, 5) is 97.9. The van der Waals surface area contributed by atoms with Crippen LogP contribution in [0.4, 0.5) is 5.69 Å². The van der Waals surface area contributed by atoms with Crippen molar-refractivity contribution in [2.45, 2.75) is 81.6 Å². The van der Waals surface area contributed by atoms with E-state index in [4.69, 9.17) is 0 Å². The summed E-state index contributed by atoms with van der Waals surface area (Å²) in [6, 6.07) is 39.4. The highest BCUT2D eigenvalue weighted by Crippen LogP contribution is 2.21. The van der Waals surface area contributed by atoms with Crippen LogP contribution in [0.2, 0.25) is 0 Å². The number of hydrogen-bond acceptors (Lipinski definition) is 8. The summed E-state index contributed by atoms with van der Waals surface area (Å²) in [5, 5.41) is 28.8. The Kier molecular flexibility index (Phi) is 17.2.